The van der Waals surface area contributed by atoms with Crippen molar-refractivity contribution in [2.45, 2.75) is 44.6 Å². The number of ketones is 1. The summed E-state index contributed by atoms with van der Waals surface area (Å²) in [5.41, 5.74) is 4.04. The monoisotopic (exact) mass is 480 g/mol. The number of aromatic nitrogens is 1. The minimum absolute atomic E-state index is 0.0377. The van der Waals surface area contributed by atoms with Crippen LogP contribution in [-0.2, 0) is 14.8 Å². The van der Waals surface area contributed by atoms with Crippen LogP contribution in [0.2, 0.25) is 0 Å². The molecule has 0 aliphatic heterocycles. The van der Waals surface area contributed by atoms with Crippen LogP contribution in [0.15, 0.2) is 59.5 Å². The van der Waals surface area contributed by atoms with Crippen molar-refractivity contribution in [2.24, 2.45) is 0 Å². The van der Waals surface area contributed by atoms with Crippen LogP contribution in [0, 0.1) is 20.8 Å². The lowest BCUT2D eigenvalue weighted by Gasteiger charge is -2.20. The first-order chi connectivity index (χ1) is 16.1. The molecule has 8 heteroatoms. The Labute approximate surface area is 200 Å². The van der Waals surface area contributed by atoms with Gasteiger partial charge in [0.15, 0.2) is 6.61 Å². The van der Waals surface area contributed by atoms with Gasteiger partial charge in [-0.25, -0.2) is 13.2 Å². The summed E-state index contributed by atoms with van der Waals surface area (Å²) < 4.78 is 34.8. The second kappa shape index (κ2) is 9.10. The maximum absolute atomic E-state index is 13.1. The molecule has 0 saturated heterocycles. The topological polar surface area (TPSA) is 85.7 Å². The summed E-state index contributed by atoms with van der Waals surface area (Å²) in [7, 11) is -2.43. The molecular weight excluding hydrogens is 452 g/mol. The number of rotatable bonds is 8. The maximum atomic E-state index is 13.1. The van der Waals surface area contributed by atoms with Gasteiger partial charge in [0.05, 0.1) is 16.1 Å². The van der Waals surface area contributed by atoms with E-state index in [9.17, 15) is 18.0 Å². The highest BCUT2D eigenvalue weighted by Gasteiger charge is 2.29. The van der Waals surface area contributed by atoms with Gasteiger partial charge in [-0.15, -0.1) is 0 Å². The standard InChI is InChI=1S/C26H28N2O5S/c1-17-8-10-21(11-9-17)27(4)34(31,32)23-7-5-6-20(15-23)26(30)33-16-25(29)24-14-18(2)28(19(24)3)22-12-13-22/h5-11,14-15,22H,12-13,16H2,1-4H3. The third-order valence-corrected chi connectivity index (χ3v) is 7.94. The highest BCUT2D eigenvalue weighted by Crippen LogP contribution is 2.38. The number of carbonyl (C=O) groups excluding carboxylic acids is 2. The van der Waals surface area contributed by atoms with Gasteiger partial charge in [-0.3, -0.25) is 9.10 Å². The second-order valence-electron chi connectivity index (χ2n) is 8.72. The fraction of sp³-hybridized carbons (Fsp3) is 0.308. The van der Waals surface area contributed by atoms with Crippen molar-refractivity contribution in [3.05, 3.63) is 82.7 Å². The van der Waals surface area contributed by atoms with Gasteiger partial charge in [0, 0.05) is 30.0 Å². The molecule has 0 N–H and O–H groups in total. The van der Waals surface area contributed by atoms with E-state index in [1.807, 2.05) is 39.0 Å². The van der Waals surface area contributed by atoms with Gasteiger partial charge in [0.25, 0.3) is 10.0 Å². The summed E-state index contributed by atoms with van der Waals surface area (Å²) in [6.07, 6.45) is 2.22. The summed E-state index contributed by atoms with van der Waals surface area (Å²) in [5.74, 6) is -1.03. The number of benzene rings is 2. The number of aryl methyl sites for hydroxylation is 2. The highest BCUT2D eigenvalue weighted by atomic mass is 32.2. The Bertz CT molecular complexity index is 1350. The lowest BCUT2D eigenvalue weighted by molar-refractivity contribution is 0.0474. The van der Waals surface area contributed by atoms with Crippen LogP contribution in [0.3, 0.4) is 0 Å². The number of nitrogens with zero attached hydrogens (tertiary/aromatic N) is 2. The molecule has 7 nitrogen and oxygen atoms in total. The first-order valence-electron chi connectivity index (χ1n) is 11.1. The van der Waals surface area contributed by atoms with E-state index in [0.717, 1.165) is 34.1 Å². The summed E-state index contributed by atoms with van der Waals surface area (Å²) in [6, 6.07) is 15.0. The third-order valence-electron chi connectivity index (χ3n) is 6.16. The van der Waals surface area contributed by atoms with Crippen molar-refractivity contribution >= 4 is 27.5 Å². The van der Waals surface area contributed by atoms with Crippen LogP contribution in [-0.4, -0.2) is 38.4 Å². The van der Waals surface area contributed by atoms with Crippen molar-refractivity contribution in [2.75, 3.05) is 18.0 Å². The number of hydrogen-bond acceptors (Lipinski definition) is 5. The fourth-order valence-corrected chi connectivity index (χ4v) is 5.32. The van der Waals surface area contributed by atoms with Crippen molar-refractivity contribution < 1.29 is 22.7 Å². The quantitative estimate of drug-likeness (QED) is 0.347. The van der Waals surface area contributed by atoms with E-state index >= 15 is 0 Å². The Morgan fingerprint density at radius 2 is 1.71 bits per heavy atom. The van der Waals surface area contributed by atoms with Gasteiger partial charge in [0.2, 0.25) is 5.78 Å². The molecular formula is C26H28N2O5S. The SMILES string of the molecule is Cc1ccc(N(C)S(=O)(=O)c2cccc(C(=O)OCC(=O)c3cc(C)n(C4CC4)c3C)c2)cc1. The zero-order chi connectivity index (χ0) is 24.6. The Morgan fingerprint density at radius 3 is 2.35 bits per heavy atom. The second-order valence-corrected chi connectivity index (χ2v) is 10.7. The molecule has 0 bridgehead atoms. The van der Waals surface area contributed by atoms with Crippen LogP contribution in [0.5, 0.6) is 0 Å². The zero-order valence-electron chi connectivity index (χ0n) is 19.7. The summed E-state index contributed by atoms with van der Waals surface area (Å²) >= 11 is 0. The van der Waals surface area contributed by atoms with E-state index in [1.54, 1.807) is 12.1 Å². The molecule has 1 aliphatic carbocycles. The molecule has 0 spiro atoms. The first kappa shape index (κ1) is 23.8. The largest absolute Gasteiger partial charge is 0.454 e. The molecule has 1 saturated carbocycles. The molecule has 178 valence electrons. The van der Waals surface area contributed by atoms with Gasteiger partial charge in [-0.05, 0) is 70.0 Å². The van der Waals surface area contributed by atoms with Crippen molar-refractivity contribution in [1.82, 2.24) is 4.57 Å². The molecule has 0 radical (unpaired) electrons. The van der Waals surface area contributed by atoms with Gasteiger partial charge < -0.3 is 9.30 Å². The molecule has 0 amide bonds. The van der Waals surface area contributed by atoms with E-state index in [0.29, 0.717) is 17.3 Å². The molecule has 1 fully saturated rings. The third kappa shape index (κ3) is 4.63. The maximum Gasteiger partial charge on any atom is 0.338 e. The number of hydrogen-bond donors (Lipinski definition) is 0. The lowest BCUT2D eigenvalue weighted by Crippen LogP contribution is -2.26. The normalized spacial score (nSPS) is 13.5. The average Bonchev–Trinajstić information content (AvgIpc) is 3.61. The number of anilines is 1. The molecule has 1 aliphatic rings. The van der Waals surface area contributed by atoms with E-state index in [1.165, 1.54) is 31.3 Å². The first-order valence-corrected chi connectivity index (χ1v) is 12.6. The Hall–Kier alpha value is -3.39. The van der Waals surface area contributed by atoms with Crippen LogP contribution >= 0.6 is 0 Å². The Morgan fingerprint density at radius 1 is 1.03 bits per heavy atom. The summed E-state index contributed by atoms with van der Waals surface area (Å²) in [4.78, 5) is 25.3. The van der Waals surface area contributed by atoms with E-state index in [2.05, 4.69) is 4.57 Å². The molecule has 1 heterocycles. The number of sulfonamides is 1. The Balaban J connectivity index is 1.47. The molecule has 34 heavy (non-hydrogen) atoms. The van der Waals surface area contributed by atoms with Crippen molar-refractivity contribution in [3.63, 3.8) is 0 Å². The van der Waals surface area contributed by atoms with Crippen LogP contribution < -0.4 is 4.31 Å². The van der Waals surface area contributed by atoms with E-state index < -0.39 is 22.6 Å². The minimum Gasteiger partial charge on any atom is -0.454 e. The molecule has 0 unspecified atom stereocenters. The minimum atomic E-state index is -3.89. The van der Waals surface area contributed by atoms with Crippen LogP contribution in [0.4, 0.5) is 5.69 Å². The smallest absolute Gasteiger partial charge is 0.338 e. The van der Waals surface area contributed by atoms with Gasteiger partial charge in [-0.1, -0.05) is 23.8 Å². The van der Waals surface area contributed by atoms with E-state index in [4.69, 9.17) is 4.74 Å². The van der Waals surface area contributed by atoms with Gasteiger partial charge >= 0.3 is 5.97 Å². The van der Waals surface area contributed by atoms with Gasteiger partial charge in [-0.2, -0.15) is 0 Å². The molecule has 4 rings (SSSR count). The summed E-state index contributed by atoms with van der Waals surface area (Å²) in [5, 5.41) is 0. The molecule has 3 aromatic rings. The molecule has 2 aromatic carbocycles. The average molecular weight is 481 g/mol. The number of ether oxygens (including phenoxy) is 1. The predicted octanol–water partition coefficient (Wildman–Crippen LogP) is 4.61. The number of Topliss-reactive ketones (excluding diaryl/α,β-unsaturated/α-hetero) is 1. The fourth-order valence-electron chi connectivity index (χ4n) is 4.08. The summed E-state index contributed by atoms with van der Waals surface area (Å²) in [6.45, 7) is 5.38. The van der Waals surface area contributed by atoms with Crippen molar-refractivity contribution in [1.29, 1.82) is 0 Å². The van der Waals surface area contributed by atoms with E-state index in [-0.39, 0.29) is 16.2 Å². The zero-order valence-corrected chi connectivity index (χ0v) is 20.6. The number of carbonyl (C=O) groups is 2. The predicted molar refractivity (Wildman–Crippen MR) is 130 cm³/mol. The molecule has 0 atom stereocenters. The van der Waals surface area contributed by atoms with Crippen LogP contribution in [0.1, 0.15) is 56.6 Å². The van der Waals surface area contributed by atoms with Crippen LogP contribution in [0.25, 0.3) is 0 Å². The lowest BCUT2D eigenvalue weighted by atomic mass is 10.1. The highest BCUT2D eigenvalue weighted by molar-refractivity contribution is 7.92. The van der Waals surface area contributed by atoms with Crippen molar-refractivity contribution in [3.8, 4) is 0 Å². The number of esters is 1. The molecule has 1 aromatic heterocycles. The van der Waals surface area contributed by atoms with Gasteiger partial charge in [0.1, 0.15) is 0 Å². The Kier molecular flexibility index (Phi) is 6.36.